The zero-order valence-electron chi connectivity index (χ0n) is 7.68. The van der Waals surface area contributed by atoms with Crippen LogP contribution in [-0.2, 0) is 0 Å². The molecule has 1 aromatic heterocycles. The quantitative estimate of drug-likeness (QED) is 0.789. The summed E-state index contributed by atoms with van der Waals surface area (Å²) in [6.07, 6.45) is -2.52. The van der Waals surface area contributed by atoms with E-state index >= 15 is 0 Å². The molecule has 0 atom stereocenters. The molecular weight excluding hydrogens is 242 g/mol. The number of hydrogen-bond acceptors (Lipinski definition) is 1. The van der Waals surface area contributed by atoms with Gasteiger partial charge in [0.2, 0.25) is 0 Å². The molecule has 0 aliphatic heterocycles. The van der Waals surface area contributed by atoms with Crippen molar-refractivity contribution in [2.75, 3.05) is 0 Å². The molecule has 0 saturated heterocycles. The van der Waals surface area contributed by atoms with Gasteiger partial charge in [0.15, 0.2) is 0 Å². The summed E-state index contributed by atoms with van der Waals surface area (Å²) in [7, 11) is 0. The van der Waals surface area contributed by atoms with Gasteiger partial charge in [0.25, 0.3) is 6.43 Å². The van der Waals surface area contributed by atoms with Crippen molar-refractivity contribution in [3.8, 4) is 0 Å². The summed E-state index contributed by atoms with van der Waals surface area (Å²) in [6.45, 7) is 5.58. The summed E-state index contributed by atoms with van der Waals surface area (Å²) in [5, 5.41) is 3.83. The number of halogens is 3. The number of alkyl halides is 2. The van der Waals surface area contributed by atoms with Gasteiger partial charge in [-0.3, -0.25) is 4.68 Å². The van der Waals surface area contributed by atoms with E-state index in [-0.39, 0.29) is 11.7 Å². The minimum absolute atomic E-state index is 0.101. The Morgan fingerprint density at radius 3 is 2.15 bits per heavy atom. The van der Waals surface area contributed by atoms with Crippen LogP contribution in [0.1, 0.15) is 37.7 Å². The van der Waals surface area contributed by atoms with Crippen LogP contribution in [0.2, 0.25) is 0 Å². The van der Waals surface area contributed by atoms with E-state index in [9.17, 15) is 8.78 Å². The van der Waals surface area contributed by atoms with Crippen molar-refractivity contribution < 1.29 is 8.78 Å². The Bertz CT molecular complexity index is 279. The highest BCUT2D eigenvalue weighted by Crippen LogP contribution is 2.30. The molecule has 0 spiro atoms. The summed E-state index contributed by atoms with van der Waals surface area (Å²) in [5.74, 6) is 0. The highest BCUT2D eigenvalue weighted by molar-refractivity contribution is 9.10. The highest BCUT2D eigenvalue weighted by atomic mass is 79.9. The fraction of sp³-hybridized carbons (Fsp3) is 0.625. The third kappa shape index (κ3) is 1.90. The standard InChI is InChI=1S/C8H11BrF2N2/c1-4(2)13-5(3)6(9)7(12-13)8(10)11/h4,8H,1-3H3. The zero-order chi connectivity index (χ0) is 10.2. The molecule has 2 nitrogen and oxygen atoms in total. The SMILES string of the molecule is Cc1c(Br)c(C(F)F)nn1C(C)C. The molecule has 13 heavy (non-hydrogen) atoms. The zero-order valence-corrected chi connectivity index (χ0v) is 9.27. The lowest BCUT2D eigenvalue weighted by molar-refractivity contribution is 0.144. The fourth-order valence-electron chi connectivity index (χ4n) is 1.16. The van der Waals surface area contributed by atoms with Gasteiger partial charge in [-0.2, -0.15) is 5.10 Å². The van der Waals surface area contributed by atoms with Crippen molar-refractivity contribution in [2.24, 2.45) is 0 Å². The van der Waals surface area contributed by atoms with E-state index in [1.54, 1.807) is 11.6 Å². The van der Waals surface area contributed by atoms with Gasteiger partial charge in [-0.05, 0) is 36.7 Å². The van der Waals surface area contributed by atoms with Gasteiger partial charge in [0.05, 0.1) is 10.2 Å². The van der Waals surface area contributed by atoms with Crippen molar-refractivity contribution in [1.82, 2.24) is 9.78 Å². The summed E-state index contributed by atoms with van der Waals surface area (Å²) >= 11 is 3.11. The topological polar surface area (TPSA) is 17.8 Å². The van der Waals surface area contributed by atoms with E-state index in [2.05, 4.69) is 21.0 Å². The molecule has 0 aliphatic carbocycles. The molecule has 0 unspecified atom stereocenters. The minimum Gasteiger partial charge on any atom is -0.266 e. The number of nitrogens with zero attached hydrogens (tertiary/aromatic N) is 2. The van der Waals surface area contributed by atoms with Crippen molar-refractivity contribution in [3.05, 3.63) is 15.9 Å². The predicted octanol–water partition coefficient (Wildman–Crippen LogP) is 3.47. The lowest BCUT2D eigenvalue weighted by atomic mass is 10.3. The number of hydrogen-bond donors (Lipinski definition) is 0. The second-order valence-corrected chi connectivity index (χ2v) is 3.92. The van der Waals surface area contributed by atoms with E-state index in [1.807, 2.05) is 13.8 Å². The maximum Gasteiger partial charge on any atom is 0.283 e. The lowest BCUT2D eigenvalue weighted by Gasteiger charge is -2.06. The van der Waals surface area contributed by atoms with Crippen molar-refractivity contribution in [3.63, 3.8) is 0 Å². The van der Waals surface area contributed by atoms with Gasteiger partial charge in [0.1, 0.15) is 5.69 Å². The normalized spacial score (nSPS) is 11.7. The number of rotatable bonds is 2. The van der Waals surface area contributed by atoms with E-state index in [1.165, 1.54) is 0 Å². The predicted molar refractivity (Wildman–Crippen MR) is 50.0 cm³/mol. The Morgan fingerprint density at radius 1 is 1.38 bits per heavy atom. The van der Waals surface area contributed by atoms with Crippen LogP contribution < -0.4 is 0 Å². The molecule has 0 amide bonds. The number of aromatic nitrogens is 2. The molecule has 0 bridgehead atoms. The monoisotopic (exact) mass is 252 g/mol. The van der Waals surface area contributed by atoms with Crippen LogP contribution in [0.4, 0.5) is 8.78 Å². The summed E-state index contributed by atoms with van der Waals surface area (Å²) in [5.41, 5.74) is 0.566. The molecule has 0 aromatic carbocycles. The van der Waals surface area contributed by atoms with Crippen LogP contribution in [0, 0.1) is 6.92 Å². The Morgan fingerprint density at radius 2 is 1.92 bits per heavy atom. The molecule has 1 heterocycles. The Hall–Kier alpha value is -0.450. The fourth-order valence-corrected chi connectivity index (χ4v) is 1.60. The van der Waals surface area contributed by atoms with Gasteiger partial charge in [-0.15, -0.1) is 0 Å². The summed E-state index contributed by atoms with van der Waals surface area (Å²) in [4.78, 5) is 0. The van der Waals surface area contributed by atoms with Gasteiger partial charge < -0.3 is 0 Å². The first-order valence-corrected chi connectivity index (χ1v) is 4.77. The van der Waals surface area contributed by atoms with Crippen molar-refractivity contribution >= 4 is 15.9 Å². The maximum atomic E-state index is 12.4. The summed E-state index contributed by atoms with van der Waals surface area (Å²) in [6, 6.07) is 0.101. The van der Waals surface area contributed by atoms with Gasteiger partial charge in [-0.1, -0.05) is 0 Å². The first-order chi connectivity index (χ1) is 5.95. The highest BCUT2D eigenvalue weighted by Gasteiger charge is 2.20. The molecule has 74 valence electrons. The molecular formula is C8H11BrF2N2. The van der Waals surface area contributed by atoms with Crippen LogP contribution in [-0.4, -0.2) is 9.78 Å². The van der Waals surface area contributed by atoms with Crippen LogP contribution >= 0.6 is 15.9 Å². The molecule has 0 aliphatic rings. The van der Waals surface area contributed by atoms with E-state index in [0.29, 0.717) is 4.47 Å². The molecule has 5 heteroatoms. The lowest BCUT2D eigenvalue weighted by Crippen LogP contribution is -2.05. The van der Waals surface area contributed by atoms with Crippen LogP contribution in [0.15, 0.2) is 4.47 Å². The van der Waals surface area contributed by atoms with Gasteiger partial charge >= 0.3 is 0 Å². The average Bonchev–Trinajstić information content (AvgIpc) is 2.29. The third-order valence-corrected chi connectivity index (χ3v) is 2.78. The molecule has 0 N–H and O–H groups in total. The first kappa shape index (κ1) is 10.6. The average molecular weight is 253 g/mol. The molecule has 0 radical (unpaired) electrons. The smallest absolute Gasteiger partial charge is 0.266 e. The van der Waals surface area contributed by atoms with Crippen molar-refractivity contribution in [2.45, 2.75) is 33.2 Å². The second-order valence-electron chi connectivity index (χ2n) is 3.12. The summed E-state index contributed by atoms with van der Waals surface area (Å²) < 4.78 is 26.8. The Labute approximate surface area is 84.1 Å². The van der Waals surface area contributed by atoms with Gasteiger partial charge in [0, 0.05) is 6.04 Å². The largest absolute Gasteiger partial charge is 0.283 e. The Kier molecular flexibility index (Phi) is 3.05. The van der Waals surface area contributed by atoms with Crippen LogP contribution in [0.25, 0.3) is 0 Å². The van der Waals surface area contributed by atoms with Crippen LogP contribution in [0.3, 0.4) is 0 Å². The molecule has 0 fully saturated rings. The third-order valence-electron chi connectivity index (χ3n) is 1.80. The molecule has 1 aromatic rings. The van der Waals surface area contributed by atoms with Crippen molar-refractivity contribution in [1.29, 1.82) is 0 Å². The minimum atomic E-state index is -2.52. The Balaban J connectivity index is 3.20. The molecule has 0 saturated carbocycles. The van der Waals surface area contributed by atoms with E-state index < -0.39 is 6.43 Å². The van der Waals surface area contributed by atoms with E-state index in [0.717, 1.165) is 5.69 Å². The van der Waals surface area contributed by atoms with E-state index in [4.69, 9.17) is 0 Å². The van der Waals surface area contributed by atoms with Gasteiger partial charge in [-0.25, -0.2) is 8.78 Å². The molecule has 1 rings (SSSR count). The maximum absolute atomic E-state index is 12.4. The second kappa shape index (κ2) is 3.74. The van der Waals surface area contributed by atoms with Crippen LogP contribution in [0.5, 0.6) is 0 Å². The first-order valence-electron chi connectivity index (χ1n) is 3.97.